The van der Waals surface area contributed by atoms with Crippen LogP contribution in [0.3, 0.4) is 0 Å². The highest BCUT2D eigenvalue weighted by atomic mass is 32.1. The molecule has 0 bridgehead atoms. The largest absolute Gasteiger partial charge is 0.363 e. The van der Waals surface area contributed by atoms with Crippen molar-refractivity contribution in [3.8, 4) is 6.07 Å². The van der Waals surface area contributed by atoms with Crippen molar-refractivity contribution in [2.75, 3.05) is 27.2 Å². The van der Waals surface area contributed by atoms with Gasteiger partial charge in [0.2, 0.25) is 0 Å². The van der Waals surface area contributed by atoms with Crippen LogP contribution in [-0.4, -0.2) is 55.1 Å². The molecule has 2 heterocycles. The van der Waals surface area contributed by atoms with E-state index in [1.807, 2.05) is 12.1 Å². The average Bonchev–Trinajstić information content (AvgIpc) is 3.21. The smallest absolute Gasteiger partial charge is 0.266 e. The zero-order valence-electron chi connectivity index (χ0n) is 17.2. The van der Waals surface area contributed by atoms with Crippen molar-refractivity contribution in [3.05, 3.63) is 51.2 Å². The van der Waals surface area contributed by atoms with E-state index in [1.54, 1.807) is 43.5 Å². The first-order valence-corrected chi connectivity index (χ1v) is 10.7. The molecule has 0 aliphatic carbocycles. The molecule has 1 aliphatic heterocycles. The molecule has 2 amide bonds. The summed E-state index contributed by atoms with van der Waals surface area (Å²) in [5.74, 6) is -0.473. The number of thiophene rings is 1. The lowest BCUT2D eigenvalue weighted by atomic mass is 10.1. The summed E-state index contributed by atoms with van der Waals surface area (Å²) in [4.78, 5) is 34.4. The van der Waals surface area contributed by atoms with Gasteiger partial charge in [0.25, 0.3) is 11.8 Å². The predicted octanol–water partition coefficient (Wildman–Crippen LogP) is 3.40. The summed E-state index contributed by atoms with van der Waals surface area (Å²) in [6.07, 6.45) is 5.26. The van der Waals surface area contributed by atoms with Crippen LogP contribution in [0.25, 0.3) is 0 Å². The van der Waals surface area contributed by atoms with E-state index in [2.05, 4.69) is 21.3 Å². The van der Waals surface area contributed by atoms with E-state index in [4.69, 9.17) is 0 Å². The predicted molar refractivity (Wildman–Crippen MR) is 118 cm³/mol. The third-order valence-corrected chi connectivity index (χ3v) is 6.11. The molecule has 1 aliphatic rings. The SMILES string of the molecule is CNC(=O)c1cc(/N=C/N2CCCCC2)c(C(=O)N(C)Cc2ccccc2C#N)s1. The number of carbonyl (C=O) groups excluding carboxylic acids is 2. The van der Waals surface area contributed by atoms with E-state index in [0.717, 1.165) is 42.8 Å². The Balaban J connectivity index is 1.85. The highest BCUT2D eigenvalue weighted by molar-refractivity contribution is 7.16. The standard InChI is InChI=1S/C22H25N5O2S/c1-24-21(28)19-12-18(25-15-27-10-6-3-7-11-27)20(30-19)22(29)26(2)14-17-9-5-4-8-16(17)13-23/h4-5,8-9,12,15H,3,6-7,10-11,14H2,1-2H3,(H,24,28)/b25-15+. The van der Waals surface area contributed by atoms with E-state index >= 15 is 0 Å². The molecular weight excluding hydrogens is 398 g/mol. The van der Waals surface area contributed by atoms with Crippen LogP contribution in [0, 0.1) is 11.3 Å². The first-order valence-electron chi connectivity index (χ1n) is 9.91. The van der Waals surface area contributed by atoms with Crippen molar-refractivity contribution in [1.29, 1.82) is 5.26 Å². The van der Waals surface area contributed by atoms with Gasteiger partial charge in [-0.3, -0.25) is 9.59 Å². The van der Waals surface area contributed by atoms with Crippen LogP contribution < -0.4 is 5.32 Å². The normalized spacial score (nSPS) is 13.8. The van der Waals surface area contributed by atoms with Gasteiger partial charge in [-0.05, 0) is 37.0 Å². The van der Waals surface area contributed by atoms with Crippen molar-refractivity contribution in [3.63, 3.8) is 0 Å². The van der Waals surface area contributed by atoms with Gasteiger partial charge in [0.1, 0.15) is 4.88 Å². The van der Waals surface area contributed by atoms with Gasteiger partial charge in [-0.2, -0.15) is 5.26 Å². The number of benzene rings is 1. The second-order valence-electron chi connectivity index (χ2n) is 7.18. The number of nitriles is 1. The molecule has 1 saturated heterocycles. The Morgan fingerprint density at radius 3 is 2.73 bits per heavy atom. The van der Waals surface area contributed by atoms with E-state index in [1.165, 1.54) is 6.42 Å². The molecule has 8 heteroatoms. The summed E-state index contributed by atoms with van der Waals surface area (Å²) in [7, 11) is 3.25. The van der Waals surface area contributed by atoms with Crippen molar-refractivity contribution in [2.45, 2.75) is 25.8 Å². The lowest BCUT2D eigenvalue weighted by Crippen LogP contribution is -2.28. The number of rotatable bonds is 6. The summed E-state index contributed by atoms with van der Waals surface area (Å²) in [6, 6.07) is 11.0. The van der Waals surface area contributed by atoms with Gasteiger partial charge in [0.05, 0.1) is 28.5 Å². The van der Waals surface area contributed by atoms with Crippen molar-refractivity contribution < 1.29 is 9.59 Å². The quantitative estimate of drug-likeness (QED) is 0.570. The zero-order chi connectivity index (χ0) is 21.5. The highest BCUT2D eigenvalue weighted by Crippen LogP contribution is 2.31. The van der Waals surface area contributed by atoms with Crippen molar-refractivity contribution in [1.82, 2.24) is 15.1 Å². The van der Waals surface area contributed by atoms with Gasteiger partial charge in [-0.25, -0.2) is 4.99 Å². The molecule has 0 radical (unpaired) electrons. The number of hydrogen-bond donors (Lipinski definition) is 1. The lowest BCUT2D eigenvalue weighted by molar-refractivity contribution is 0.0790. The van der Waals surface area contributed by atoms with E-state index < -0.39 is 0 Å². The Kier molecular flexibility index (Phi) is 7.20. The lowest BCUT2D eigenvalue weighted by Gasteiger charge is -2.23. The highest BCUT2D eigenvalue weighted by Gasteiger charge is 2.22. The fourth-order valence-electron chi connectivity index (χ4n) is 3.31. The fourth-order valence-corrected chi connectivity index (χ4v) is 4.36. The van der Waals surface area contributed by atoms with Crippen LogP contribution in [0.2, 0.25) is 0 Å². The van der Waals surface area contributed by atoms with Gasteiger partial charge < -0.3 is 15.1 Å². The molecule has 1 aromatic heterocycles. The van der Waals surface area contributed by atoms with E-state index in [0.29, 0.717) is 27.5 Å². The molecule has 1 N–H and O–H groups in total. The summed E-state index contributed by atoms with van der Waals surface area (Å²) < 4.78 is 0. The summed E-state index contributed by atoms with van der Waals surface area (Å²) in [5.41, 5.74) is 1.81. The minimum atomic E-state index is -0.244. The Bertz CT molecular complexity index is 986. The second kappa shape index (κ2) is 10.0. The molecule has 30 heavy (non-hydrogen) atoms. The number of piperidine rings is 1. The number of nitrogens with one attached hydrogen (secondary N) is 1. The molecule has 156 valence electrons. The van der Waals surface area contributed by atoms with Gasteiger partial charge >= 0.3 is 0 Å². The first-order chi connectivity index (χ1) is 14.5. The number of carbonyl (C=O) groups is 2. The topological polar surface area (TPSA) is 88.8 Å². The van der Waals surface area contributed by atoms with Gasteiger partial charge in [0.15, 0.2) is 0 Å². The van der Waals surface area contributed by atoms with E-state index in [9.17, 15) is 14.9 Å². The first kappa shape index (κ1) is 21.5. The molecule has 2 aromatic rings. The van der Waals surface area contributed by atoms with Crippen LogP contribution in [0.1, 0.15) is 49.7 Å². The summed E-state index contributed by atoms with van der Waals surface area (Å²) in [5, 5.41) is 11.9. The molecular formula is C22H25N5O2S. The van der Waals surface area contributed by atoms with Crippen LogP contribution in [-0.2, 0) is 6.54 Å². The Hall–Kier alpha value is -3.18. The van der Waals surface area contributed by atoms with Gasteiger partial charge in [0, 0.05) is 33.7 Å². The third-order valence-electron chi connectivity index (χ3n) is 5.00. The Labute approximate surface area is 180 Å². The third kappa shape index (κ3) is 5.05. The molecule has 7 nitrogen and oxygen atoms in total. The number of nitrogens with zero attached hydrogens (tertiary/aromatic N) is 4. The monoisotopic (exact) mass is 423 g/mol. The number of likely N-dealkylation sites (tertiary alicyclic amines) is 1. The van der Waals surface area contributed by atoms with Crippen LogP contribution in [0.15, 0.2) is 35.3 Å². The maximum absolute atomic E-state index is 13.2. The number of amides is 2. The van der Waals surface area contributed by atoms with Crippen molar-refractivity contribution >= 4 is 35.2 Å². The molecule has 1 fully saturated rings. The molecule has 1 aromatic carbocycles. The summed E-state index contributed by atoms with van der Waals surface area (Å²) in [6.45, 7) is 2.19. The molecule has 0 spiro atoms. The van der Waals surface area contributed by atoms with Gasteiger partial charge in [-0.1, -0.05) is 18.2 Å². The molecule has 0 saturated carbocycles. The van der Waals surface area contributed by atoms with Gasteiger partial charge in [-0.15, -0.1) is 11.3 Å². The maximum atomic E-state index is 13.2. The fraction of sp³-hybridized carbons (Fsp3) is 0.364. The van der Waals surface area contributed by atoms with Crippen LogP contribution >= 0.6 is 11.3 Å². The van der Waals surface area contributed by atoms with Crippen molar-refractivity contribution in [2.24, 2.45) is 4.99 Å². The molecule has 0 atom stereocenters. The maximum Gasteiger partial charge on any atom is 0.266 e. The summed E-state index contributed by atoms with van der Waals surface area (Å²) >= 11 is 1.14. The zero-order valence-corrected chi connectivity index (χ0v) is 18.0. The molecule has 3 rings (SSSR count). The van der Waals surface area contributed by atoms with Crippen LogP contribution in [0.5, 0.6) is 0 Å². The molecule has 0 unspecified atom stereocenters. The second-order valence-corrected chi connectivity index (χ2v) is 8.23. The Morgan fingerprint density at radius 2 is 2.03 bits per heavy atom. The average molecular weight is 424 g/mol. The number of hydrogen-bond acceptors (Lipinski definition) is 5. The minimum Gasteiger partial charge on any atom is -0.363 e. The van der Waals surface area contributed by atoms with Crippen LogP contribution in [0.4, 0.5) is 5.69 Å². The minimum absolute atomic E-state index is 0.228. The number of aliphatic imine (C=N–C) groups is 1. The Morgan fingerprint density at radius 1 is 1.30 bits per heavy atom. The van der Waals surface area contributed by atoms with E-state index in [-0.39, 0.29) is 11.8 Å².